The Kier molecular flexibility index (Phi) is 3.54. The van der Waals surface area contributed by atoms with Gasteiger partial charge in [-0.05, 0) is 35.4 Å². The molecule has 0 radical (unpaired) electrons. The standard InChI is InChI=1S/C12H8BrClFN5/c13-9-2-1-7(15)3-6(9)4-16-10-8-5-17-20-11(8)19-12(14)18-10/h1-3,5H,4H2,(H2,16,17,18,19,20). The van der Waals surface area contributed by atoms with E-state index >= 15 is 0 Å². The number of rotatable bonds is 3. The van der Waals surface area contributed by atoms with Gasteiger partial charge in [-0.15, -0.1) is 0 Å². The van der Waals surface area contributed by atoms with Crippen LogP contribution >= 0.6 is 27.5 Å². The predicted molar refractivity (Wildman–Crippen MR) is 78.1 cm³/mol. The zero-order valence-corrected chi connectivity index (χ0v) is 12.3. The Hall–Kier alpha value is -1.73. The number of halogens is 3. The average molecular weight is 357 g/mol. The molecular weight excluding hydrogens is 349 g/mol. The lowest BCUT2D eigenvalue weighted by Gasteiger charge is -2.08. The maximum atomic E-state index is 13.2. The van der Waals surface area contributed by atoms with E-state index in [2.05, 4.69) is 41.4 Å². The Bertz CT molecular complexity index is 776. The van der Waals surface area contributed by atoms with E-state index in [0.717, 1.165) is 15.4 Å². The summed E-state index contributed by atoms with van der Waals surface area (Å²) in [4.78, 5) is 8.12. The summed E-state index contributed by atoms with van der Waals surface area (Å²) in [5, 5.41) is 10.6. The Morgan fingerprint density at radius 1 is 1.35 bits per heavy atom. The largest absolute Gasteiger partial charge is 0.365 e. The number of anilines is 1. The Morgan fingerprint density at radius 3 is 3.05 bits per heavy atom. The summed E-state index contributed by atoms with van der Waals surface area (Å²) < 4.78 is 14.0. The van der Waals surface area contributed by atoms with E-state index in [-0.39, 0.29) is 11.1 Å². The van der Waals surface area contributed by atoms with Crippen molar-refractivity contribution in [2.45, 2.75) is 6.54 Å². The SMILES string of the molecule is Fc1ccc(Br)c(CNc2nc(Cl)nc3[nH]ncc23)c1. The van der Waals surface area contributed by atoms with Crippen LogP contribution in [0, 0.1) is 5.82 Å². The maximum Gasteiger partial charge on any atom is 0.226 e. The molecule has 2 aromatic heterocycles. The Labute approximate surface area is 126 Å². The maximum absolute atomic E-state index is 13.2. The van der Waals surface area contributed by atoms with Crippen LogP contribution in [-0.4, -0.2) is 20.2 Å². The van der Waals surface area contributed by atoms with Gasteiger partial charge in [-0.2, -0.15) is 15.1 Å². The molecule has 102 valence electrons. The third-order valence-corrected chi connectivity index (χ3v) is 3.68. The van der Waals surface area contributed by atoms with Crippen LogP contribution in [0.5, 0.6) is 0 Å². The molecule has 0 atom stereocenters. The molecule has 0 saturated carbocycles. The molecule has 2 heterocycles. The van der Waals surface area contributed by atoms with E-state index in [0.29, 0.717) is 18.0 Å². The molecule has 0 aliphatic heterocycles. The van der Waals surface area contributed by atoms with Gasteiger partial charge in [0.2, 0.25) is 5.28 Å². The number of aromatic nitrogens is 4. The molecule has 2 N–H and O–H groups in total. The van der Waals surface area contributed by atoms with Gasteiger partial charge in [-0.3, -0.25) is 5.10 Å². The van der Waals surface area contributed by atoms with Gasteiger partial charge < -0.3 is 5.32 Å². The van der Waals surface area contributed by atoms with E-state index in [1.54, 1.807) is 12.3 Å². The zero-order valence-electron chi connectivity index (χ0n) is 9.99. The van der Waals surface area contributed by atoms with Crippen molar-refractivity contribution in [3.63, 3.8) is 0 Å². The van der Waals surface area contributed by atoms with E-state index in [4.69, 9.17) is 11.6 Å². The second-order valence-corrected chi connectivity index (χ2v) is 5.26. The number of nitrogens with zero attached hydrogens (tertiary/aromatic N) is 3. The first-order chi connectivity index (χ1) is 9.63. The van der Waals surface area contributed by atoms with Gasteiger partial charge in [0.15, 0.2) is 5.65 Å². The highest BCUT2D eigenvalue weighted by atomic mass is 79.9. The number of fused-ring (bicyclic) bond motifs is 1. The van der Waals surface area contributed by atoms with Crippen molar-refractivity contribution >= 4 is 44.4 Å². The van der Waals surface area contributed by atoms with E-state index in [1.807, 2.05) is 0 Å². The molecule has 8 heteroatoms. The summed E-state index contributed by atoms with van der Waals surface area (Å²) >= 11 is 9.22. The smallest absolute Gasteiger partial charge is 0.226 e. The molecule has 0 unspecified atom stereocenters. The van der Waals surface area contributed by atoms with Gasteiger partial charge in [0.1, 0.15) is 11.6 Å². The molecule has 0 aliphatic carbocycles. The molecule has 0 aliphatic rings. The summed E-state index contributed by atoms with van der Waals surface area (Å²) in [6.45, 7) is 0.395. The van der Waals surface area contributed by atoms with Crippen LogP contribution in [0.4, 0.5) is 10.2 Å². The molecule has 0 bridgehead atoms. The second kappa shape index (κ2) is 5.34. The molecule has 20 heavy (non-hydrogen) atoms. The van der Waals surface area contributed by atoms with E-state index < -0.39 is 0 Å². The molecule has 3 aromatic rings. The average Bonchev–Trinajstić information content (AvgIpc) is 2.87. The molecule has 5 nitrogen and oxygen atoms in total. The quantitative estimate of drug-likeness (QED) is 0.705. The minimum Gasteiger partial charge on any atom is -0.365 e. The van der Waals surface area contributed by atoms with Gasteiger partial charge in [-0.1, -0.05) is 15.9 Å². The fourth-order valence-electron chi connectivity index (χ4n) is 1.80. The van der Waals surface area contributed by atoms with Crippen LogP contribution in [0.1, 0.15) is 5.56 Å². The molecule has 3 rings (SSSR count). The van der Waals surface area contributed by atoms with Crippen LogP contribution in [0.3, 0.4) is 0 Å². The van der Waals surface area contributed by atoms with E-state index in [1.165, 1.54) is 12.1 Å². The van der Waals surface area contributed by atoms with Crippen molar-refractivity contribution in [3.05, 3.63) is 45.5 Å². The van der Waals surface area contributed by atoms with Crippen molar-refractivity contribution in [1.82, 2.24) is 20.2 Å². The summed E-state index contributed by atoms with van der Waals surface area (Å²) in [6, 6.07) is 4.50. The minimum atomic E-state index is -0.292. The van der Waals surface area contributed by atoms with Crippen molar-refractivity contribution in [1.29, 1.82) is 0 Å². The monoisotopic (exact) mass is 355 g/mol. The number of hydrogen-bond acceptors (Lipinski definition) is 4. The number of aromatic amines is 1. The third-order valence-electron chi connectivity index (χ3n) is 2.74. The molecule has 0 amide bonds. The second-order valence-electron chi connectivity index (χ2n) is 4.06. The first kappa shape index (κ1) is 13.3. The first-order valence-corrected chi connectivity index (χ1v) is 6.85. The normalized spacial score (nSPS) is 10.9. The van der Waals surface area contributed by atoms with Crippen LogP contribution in [-0.2, 0) is 6.54 Å². The van der Waals surface area contributed by atoms with Crippen molar-refractivity contribution < 1.29 is 4.39 Å². The van der Waals surface area contributed by atoms with Gasteiger partial charge >= 0.3 is 0 Å². The summed E-state index contributed by atoms with van der Waals surface area (Å²) in [5.74, 6) is 0.254. The van der Waals surface area contributed by atoms with Crippen molar-refractivity contribution in [2.75, 3.05) is 5.32 Å². The number of nitrogens with one attached hydrogen (secondary N) is 2. The van der Waals surface area contributed by atoms with Crippen LogP contribution in [0.2, 0.25) is 5.28 Å². The zero-order chi connectivity index (χ0) is 14.1. The summed E-state index contributed by atoms with van der Waals surface area (Å²) in [7, 11) is 0. The summed E-state index contributed by atoms with van der Waals surface area (Å²) in [6.07, 6.45) is 1.61. The Balaban J connectivity index is 1.90. The van der Waals surface area contributed by atoms with Crippen LogP contribution in [0.15, 0.2) is 28.9 Å². The molecule has 0 saturated heterocycles. The predicted octanol–water partition coefficient (Wildman–Crippen LogP) is 3.52. The number of H-pyrrole nitrogens is 1. The van der Waals surface area contributed by atoms with Crippen LogP contribution < -0.4 is 5.32 Å². The van der Waals surface area contributed by atoms with Crippen LogP contribution in [0.25, 0.3) is 11.0 Å². The number of benzene rings is 1. The van der Waals surface area contributed by atoms with Gasteiger partial charge in [0, 0.05) is 11.0 Å². The highest BCUT2D eigenvalue weighted by molar-refractivity contribution is 9.10. The van der Waals surface area contributed by atoms with Gasteiger partial charge in [-0.25, -0.2) is 4.39 Å². The summed E-state index contributed by atoms with van der Waals surface area (Å²) in [5.41, 5.74) is 1.32. The van der Waals surface area contributed by atoms with E-state index in [9.17, 15) is 4.39 Å². The number of hydrogen-bond donors (Lipinski definition) is 2. The lowest BCUT2D eigenvalue weighted by molar-refractivity contribution is 0.625. The lowest BCUT2D eigenvalue weighted by Crippen LogP contribution is -2.03. The van der Waals surface area contributed by atoms with Crippen molar-refractivity contribution in [3.8, 4) is 0 Å². The third kappa shape index (κ3) is 2.59. The Morgan fingerprint density at radius 2 is 2.20 bits per heavy atom. The molecule has 1 aromatic carbocycles. The molecular formula is C12H8BrClFN5. The lowest BCUT2D eigenvalue weighted by atomic mass is 10.2. The first-order valence-electron chi connectivity index (χ1n) is 5.68. The fourth-order valence-corrected chi connectivity index (χ4v) is 2.36. The highest BCUT2D eigenvalue weighted by Gasteiger charge is 2.09. The highest BCUT2D eigenvalue weighted by Crippen LogP contribution is 2.23. The molecule has 0 fully saturated rings. The fraction of sp³-hybridized carbons (Fsp3) is 0.0833. The molecule has 0 spiro atoms. The van der Waals surface area contributed by atoms with Gasteiger partial charge in [0.05, 0.1) is 11.6 Å². The topological polar surface area (TPSA) is 66.5 Å². The van der Waals surface area contributed by atoms with Crippen molar-refractivity contribution in [2.24, 2.45) is 0 Å². The minimum absolute atomic E-state index is 0.113. The van der Waals surface area contributed by atoms with Gasteiger partial charge in [0.25, 0.3) is 0 Å².